The van der Waals surface area contributed by atoms with Gasteiger partial charge in [-0.3, -0.25) is 5.10 Å². The summed E-state index contributed by atoms with van der Waals surface area (Å²) in [5, 5.41) is 10.4. The monoisotopic (exact) mass is 277 g/mol. The van der Waals surface area contributed by atoms with E-state index in [1.807, 2.05) is 13.1 Å². The van der Waals surface area contributed by atoms with E-state index in [1.54, 1.807) is 0 Å². The van der Waals surface area contributed by atoms with Gasteiger partial charge in [0.05, 0.1) is 12.7 Å². The summed E-state index contributed by atoms with van der Waals surface area (Å²) >= 11 is 0. The van der Waals surface area contributed by atoms with Crippen LogP contribution in [0, 0.1) is 12.3 Å². The molecule has 1 unspecified atom stereocenters. The average molecular weight is 277 g/mol. The van der Waals surface area contributed by atoms with Gasteiger partial charge in [-0.05, 0) is 32.1 Å². The Morgan fingerprint density at radius 3 is 2.90 bits per heavy atom. The molecule has 2 N–H and O–H groups in total. The Balaban J connectivity index is 2.05. The van der Waals surface area contributed by atoms with E-state index in [0.717, 1.165) is 36.9 Å². The molecule has 0 spiro atoms. The number of nitrogens with one attached hydrogen (secondary N) is 2. The lowest BCUT2D eigenvalue weighted by molar-refractivity contribution is 0.322. The second kappa shape index (κ2) is 6.29. The van der Waals surface area contributed by atoms with Gasteiger partial charge in [0.2, 0.25) is 0 Å². The Morgan fingerprint density at radius 2 is 2.35 bits per heavy atom. The fraction of sp³-hybridized carbons (Fsp3) is 0.733. The highest BCUT2D eigenvalue weighted by Crippen LogP contribution is 2.32. The zero-order valence-electron chi connectivity index (χ0n) is 13.2. The molecule has 2 heterocycles. The highest BCUT2D eigenvalue weighted by Gasteiger charge is 2.33. The number of aromatic nitrogens is 2. The standard InChI is InChI=1S/C15H27N5/c1-5-15(4)7-8-20(11-15)14(16-6-2)17-9-13-10-18-19-12(13)3/h10H,5-9,11H2,1-4H3,(H,16,17)(H,18,19). The summed E-state index contributed by atoms with van der Waals surface area (Å²) in [5.74, 6) is 1.03. The predicted octanol–water partition coefficient (Wildman–Crippen LogP) is 2.31. The predicted molar refractivity (Wildman–Crippen MR) is 82.7 cm³/mol. The highest BCUT2D eigenvalue weighted by molar-refractivity contribution is 5.80. The lowest BCUT2D eigenvalue weighted by atomic mass is 9.87. The molecule has 1 atom stereocenters. The summed E-state index contributed by atoms with van der Waals surface area (Å²) in [6, 6.07) is 0. The van der Waals surface area contributed by atoms with Crippen molar-refractivity contribution in [3.05, 3.63) is 17.5 Å². The Morgan fingerprint density at radius 1 is 1.55 bits per heavy atom. The Bertz CT molecular complexity index is 465. The number of likely N-dealkylation sites (tertiary alicyclic amines) is 1. The first kappa shape index (κ1) is 14.9. The maximum atomic E-state index is 4.77. The molecule has 0 amide bonds. The zero-order chi connectivity index (χ0) is 14.6. The topological polar surface area (TPSA) is 56.3 Å². The summed E-state index contributed by atoms with van der Waals surface area (Å²) < 4.78 is 0. The molecule has 1 aliphatic heterocycles. The lowest BCUT2D eigenvalue weighted by Gasteiger charge is -2.25. The van der Waals surface area contributed by atoms with Crippen LogP contribution in [0.1, 0.15) is 44.9 Å². The third-order valence-electron chi connectivity index (χ3n) is 4.38. The lowest BCUT2D eigenvalue weighted by Crippen LogP contribution is -2.41. The summed E-state index contributed by atoms with van der Waals surface area (Å²) in [6.07, 6.45) is 4.34. The van der Waals surface area contributed by atoms with Crippen LogP contribution >= 0.6 is 0 Å². The van der Waals surface area contributed by atoms with Crippen LogP contribution in [0.2, 0.25) is 0 Å². The Labute approximate surface area is 121 Å². The van der Waals surface area contributed by atoms with Gasteiger partial charge in [0.15, 0.2) is 5.96 Å². The van der Waals surface area contributed by atoms with Crippen molar-refractivity contribution in [3.63, 3.8) is 0 Å². The number of H-pyrrole nitrogens is 1. The van der Waals surface area contributed by atoms with Crippen molar-refractivity contribution < 1.29 is 0 Å². The highest BCUT2D eigenvalue weighted by atomic mass is 15.3. The van der Waals surface area contributed by atoms with E-state index in [9.17, 15) is 0 Å². The van der Waals surface area contributed by atoms with E-state index in [4.69, 9.17) is 4.99 Å². The van der Waals surface area contributed by atoms with Crippen LogP contribution in [-0.2, 0) is 6.54 Å². The van der Waals surface area contributed by atoms with Crippen molar-refractivity contribution >= 4 is 5.96 Å². The van der Waals surface area contributed by atoms with Crippen molar-refractivity contribution in [1.82, 2.24) is 20.4 Å². The van der Waals surface area contributed by atoms with Gasteiger partial charge in [0.1, 0.15) is 0 Å². The molecule has 0 aliphatic carbocycles. The fourth-order valence-electron chi connectivity index (χ4n) is 2.61. The van der Waals surface area contributed by atoms with E-state index in [-0.39, 0.29) is 0 Å². The third kappa shape index (κ3) is 3.32. The van der Waals surface area contributed by atoms with E-state index in [0.29, 0.717) is 12.0 Å². The fourth-order valence-corrected chi connectivity index (χ4v) is 2.61. The molecular weight excluding hydrogens is 250 g/mol. The largest absolute Gasteiger partial charge is 0.357 e. The number of hydrogen-bond donors (Lipinski definition) is 2. The second-order valence-corrected chi connectivity index (χ2v) is 6.03. The SMILES string of the molecule is CCNC(=NCc1cn[nH]c1C)N1CCC(C)(CC)C1. The first-order valence-corrected chi connectivity index (χ1v) is 7.60. The number of hydrogen-bond acceptors (Lipinski definition) is 2. The van der Waals surface area contributed by atoms with Crippen molar-refractivity contribution in [2.45, 2.75) is 47.1 Å². The minimum atomic E-state index is 0.432. The van der Waals surface area contributed by atoms with Crippen molar-refractivity contribution in [2.24, 2.45) is 10.4 Å². The molecule has 0 saturated carbocycles. The Hall–Kier alpha value is -1.52. The van der Waals surface area contributed by atoms with Gasteiger partial charge < -0.3 is 10.2 Å². The minimum absolute atomic E-state index is 0.432. The molecule has 1 aliphatic rings. The van der Waals surface area contributed by atoms with Crippen molar-refractivity contribution in [1.29, 1.82) is 0 Å². The molecular formula is C15H27N5. The van der Waals surface area contributed by atoms with Gasteiger partial charge in [0, 0.05) is 30.9 Å². The van der Waals surface area contributed by atoms with E-state index < -0.39 is 0 Å². The van der Waals surface area contributed by atoms with Crippen LogP contribution < -0.4 is 5.32 Å². The van der Waals surface area contributed by atoms with Gasteiger partial charge in [-0.1, -0.05) is 13.8 Å². The summed E-state index contributed by atoms with van der Waals surface area (Å²) in [4.78, 5) is 7.16. The van der Waals surface area contributed by atoms with Gasteiger partial charge in [-0.15, -0.1) is 0 Å². The third-order valence-corrected chi connectivity index (χ3v) is 4.38. The number of aromatic amines is 1. The molecule has 0 aromatic carbocycles. The second-order valence-electron chi connectivity index (χ2n) is 6.03. The van der Waals surface area contributed by atoms with Gasteiger partial charge in [0.25, 0.3) is 0 Å². The van der Waals surface area contributed by atoms with Crippen LogP contribution in [-0.4, -0.2) is 40.7 Å². The first-order chi connectivity index (χ1) is 9.58. The van der Waals surface area contributed by atoms with Crippen LogP contribution in [0.5, 0.6) is 0 Å². The maximum absolute atomic E-state index is 4.77. The number of guanidine groups is 1. The van der Waals surface area contributed by atoms with Crippen LogP contribution in [0.15, 0.2) is 11.2 Å². The smallest absolute Gasteiger partial charge is 0.194 e. The number of aliphatic imine (C=N–C) groups is 1. The molecule has 112 valence electrons. The number of rotatable bonds is 4. The molecule has 20 heavy (non-hydrogen) atoms. The van der Waals surface area contributed by atoms with Crippen LogP contribution in [0.25, 0.3) is 0 Å². The van der Waals surface area contributed by atoms with Crippen LogP contribution in [0.4, 0.5) is 0 Å². The maximum Gasteiger partial charge on any atom is 0.194 e. The normalized spacial score (nSPS) is 23.4. The first-order valence-electron chi connectivity index (χ1n) is 7.60. The molecule has 2 rings (SSSR count). The average Bonchev–Trinajstić information content (AvgIpc) is 3.02. The summed E-state index contributed by atoms with van der Waals surface area (Å²) in [7, 11) is 0. The van der Waals surface area contributed by atoms with Crippen molar-refractivity contribution in [2.75, 3.05) is 19.6 Å². The zero-order valence-corrected chi connectivity index (χ0v) is 13.2. The van der Waals surface area contributed by atoms with E-state index in [2.05, 4.69) is 41.2 Å². The number of nitrogens with zero attached hydrogens (tertiary/aromatic N) is 3. The van der Waals surface area contributed by atoms with Gasteiger partial charge in [-0.25, -0.2) is 4.99 Å². The van der Waals surface area contributed by atoms with E-state index >= 15 is 0 Å². The van der Waals surface area contributed by atoms with Gasteiger partial charge >= 0.3 is 0 Å². The molecule has 1 fully saturated rings. The molecule has 5 heteroatoms. The van der Waals surface area contributed by atoms with Crippen molar-refractivity contribution in [3.8, 4) is 0 Å². The van der Waals surface area contributed by atoms with E-state index in [1.165, 1.54) is 12.8 Å². The molecule has 1 saturated heterocycles. The van der Waals surface area contributed by atoms with Crippen LogP contribution in [0.3, 0.4) is 0 Å². The molecule has 5 nitrogen and oxygen atoms in total. The minimum Gasteiger partial charge on any atom is -0.357 e. The molecule has 0 radical (unpaired) electrons. The quantitative estimate of drug-likeness (QED) is 0.656. The molecule has 1 aromatic heterocycles. The molecule has 0 bridgehead atoms. The summed E-state index contributed by atoms with van der Waals surface area (Å²) in [5.41, 5.74) is 2.70. The summed E-state index contributed by atoms with van der Waals surface area (Å²) in [6.45, 7) is 12.6. The number of aryl methyl sites for hydroxylation is 1. The van der Waals surface area contributed by atoms with Gasteiger partial charge in [-0.2, -0.15) is 5.10 Å². The Kier molecular flexibility index (Phi) is 4.68. The molecule has 1 aromatic rings.